The van der Waals surface area contributed by atoms with Crippen molar-refractivity contribution in [2.45, 2.75) is 27.2 Å². The molecule has 1 aromatic rings. The van der Waals surface area contributed by atoms with Crippen molar-refractivity contribution < 1.29 is 4.79 Å². The molecule has 0 fully saturated rings. The van der Waals surface area contributed by atoms with Gasteiger partial charge >= 0.3 is 6.03 Å². The number of aryl methyl sites for hydroxylation is 1. The highest BCUT2D eigenvalue weighted by Gasteiger charge is 2.06. The maximum Gasteiger partial charge on any atom is 0.314 e. The summed E-state index contributed by atoms with van der Waals surface area (Å²) < 4.78 is 0. The second-order valence-corrected chi connectivity index (χ2v) is 4.30. The molecule has 0 bridgehead atoms. The minimum Gasteiger partial charge on any atom is -0.351 e. The summed E-state index contributed by atoms with van der Waals surface area (Å²) in [4.78, 5) is 12.4. The number of benzene rings is 1. The summed E-state index contributed by atoms with van der Waals surface area (Å²) in [5, 5.41) is 0. The molecule has 2 amide bonds. The summed E-state index contributed by atoms with van der Waals surface area (Å²) in [5.74, 6) is 0. The summed E-state index contributed by atoms with van der Waals surface area (Å²) in [7, 11) is 1.72. The fraction of sp³-hybridized carbons (Fsp3) is 0.462. The van der Waals surface area contributed by atoms with Crippen molar-refractivity contribution in [2.24, 2.45) is 5.73 Å². The zero-order valence-electron chi connectivity index (χ0n) is 10.5. The monoisotopic (exact) mass is 220 g/mol. The lowest BCUT2D eigenvalue weighted by Crippen LogP contribution is -2.33. The molecule has 0 radical (unpaired) electrons. The van der Waals surface area contributed by atoms with Gasteiger partial charge in [0.15, 0.2) is 0 Å². The number of carbonyl (C=O) groups is 1. The van der Waals surface area contributed by atoms with E-state index in [0.29, 0.717) is 6.54 Å². The number of hydrogen-bond donors (Lipinski definition) is 1. The van der Waals surface area contributed by atoms with Gasteiger partial charge in [0.1, 0.15) is 0 Å². The van der Waals surface area contributed by atoms with E-state index in [0.717, 1.165) is 6.42 Å². The summed E-state index contributed by atoms with van der Waals surface area (Å²) in [6.07, 6.45) is 0.854. The summed E-state index contributed by atoms with van der Waals surface area (Å²) >= 11 is 0. The van der Waals surface area contributed by atoms with Crippen molar-refractivity contribution in [3.05, 3.63) is 34.4 Å². The van der Waals surface area contributed by atoms with Crippen molar-refractivity contribution in [2.75, 3.05) is 13.6 Å². The van der Waals surface area contributed by atoms with Crippen LogP contribution in [0, 0.1) is 20.8 Å². The van der Waals surface area contributed by atoms with E-state index in [1.54, 1.807) is 7.05 Å². The first-order chi connectivity index (χ1) is 7.43. The van der Waals surface area contributed by atoms with Crippen molar-refractivity contribution in [1.82, 2.24) is 4.90 Å². The first-order valence-electron chi connectivity index (χ1n) is 5.49. The molecule has 0 unspecified atom stereocenters. The van der Waals surface area contributed by atoms with Gasteiger partial charge in [-0.2, -0.15) is 0 Å². The first kappa shape index (κ1) is 12.6. The van der Waals surface area contributed by atoms with Crippen LogP contribution >= 0.6 is 0 Å². The highest BCUT2D eigenvalue weighted by Crippen LogP contribution is 2.17. The number of nitrogens with two attached hydrogens (primary N) is 1. The molecule has 1 rings (SSSR count). The van der Waals surface area contributed by atoms with Gasteiger partial charge in [-0.3, -0.25) is 0 Å². The normalized spacial score (nSPS) is 10.2. The molecule has 0 saturated carbocycles. The van der Waals surface area contributed by atoms with E-state index >= 15 is 0 Å². The van der Waals surface area contributed by atoms with Crippen LogP contribution in [0.1, 0.15) is 22.3 Å². The standard InChI is InChI=1S/C13H20N2O/c1-9-5-6-12(11(3)10(9)2)7-8-15(4)13(14)16/h5-6H,7-8H2,1-4H3,(H2,14,16). The van der Waals surface area contributed by atoms with Gasteiger partial charge < -0.3 is 10.6 Å². The SMILES string of the molecule is Cc1ccc(CCN(C)C(N)=O)c(C)c1C. The largest absolute Gasteiger partial charge is 0.351 e. The van der Waals surface area contributed by atoms with Gasteiger partial charge in [-0.05, 0) is 49.4 Å². The van der Waals surface area contributed by atoms with Crippen molar-refractivity contribution in [3.8, 4) is 0 Å². The van der Waals surface area contributed by atoms with Crippen molar-refractivity contribution >= 4 is 6.03 Å². The van der Waals surface area contributed by atoms with Crippen LogP contribution in [-0.2, 0) is 6.42 Å². The highest BCUT2D eigenvalue weighted by atomic mass is 16.2. The molecular weight excluding hydrogens is 200 g/mol. The Morgan fingerprint density at radius 3 is 2.44 bits per heavy atom. The molecule has 0 spiro atoms. The molecule has 16 heavy (non-hydrogen) atoms. The van der Waals surface area contributed by atoms with Crippen LogP contribution in [0.3, 0.4) is 0 Å². The van der Waals surface area contributed by atoms with Crippen LogP contribution in [-0.4, -0.2) is 24.5 Å². The molecule has 0 aliphatic heterocycles. The molecule has 88 valence electrons. The van der Waals surface area contributed by atoms with Gasteiger partial charge in [0.05, 0.1) is 0 Å². The van der Waals surface area contributed by atoms with Crippen LogP contribution in [0.2, 0.25) is 0 Å². The Morgan fingerprint density at radius 2 is 1.88 bits per heavy atom. The van der Waals surface area contributed by atoms with E-state index in [4.69, 9.17) is 5.73 Å². The van der Waals surface area contributed by atoms with E-state index in [-0.39, 0.29) is 6.03 Å². The van der Waals surface area contributed by atoms with Crippen LogP contribution in [0.5, 0.6) is 0 Å². The van der Waals surface area contributed by atoms with Crippen LogP contribution in [0.4, 0.5) is 4.79 Å². The molecular formula is C13H20N2O. The van der Waals surface area contributed by atoms with Crippen LogP contribution in [0.25, 0.3) is 0 Å². The Morgan fingerprint density at radius 1 is 1.25 bits per heavy atom. The molecule has 3 nitrogen and oxygen atoms in total. The third kappa shape index (κ3) is 2.75. The predicted molar refractivity (Wildman–Crippen MR) is 66.6 cm³/mol. The minimum atomic E-state index is -0.374. The maximum absolute atomic E-state index is 10.9. The molecule has 0 aliphatic carbocycles. The van der Waals surface area contributed by atoms with E-state index < -0.39 is 0 Å². The molecule has 0 heterocycles. The molecule has 0 aromatic heterocycles. The Labute approximate surface area is 97.2 Å². The van der Waals surface area contributed by atoms with Crippen molar-refractivity contribution in [3.63, 3.8) is 0 Å². The number of urea groups is 1. The second kappa shape index (κ2) is 5.01. The zero-order valence-corrected chi connectivity index (χ0v) is 10.5. The Hall–Kier alpha value is -1.51. The lowest BCUT2D eigenvalue weighted by atomic mass is 9.97. The van der Waals surface area contributed by atoms with Gasteiger partial charge in [0, 0.05) is 13.6 Å². The average molecular weight is 220 g/mol. The van der Waals surface area contributed by atoms with E-state index in [1.165, 1.54) is 27.2 Å². The van der Waals surface area contributed by atoms with Gasteiger partial charge in [-0.1, -0.05) is 12.1 Å². The van der Waals surface area contributed by atoms with Gasteiger partial charge in [-0.25, -0.2) is 4.79 Å². The van der Waals surface area contributed by atoms with Gasteiger partial charge in [-0.15, -0.1) is 0 Å². The molecule has 2 N–H and O–H groups in total. The third-order valence-corrected chi connectivity index (χ3v) is 3.26. The van der Waals surface area contributed by atoms with E-state index in [2.05, 4.69) is 32.9 Å². The van der Waals surface area contributed by atoms with Gasteiger partial charge in [0.25, 0.3) is 0 Å². The summed E-state index contributed by atoms with van der Waals surface area (Å²) in [6, 6.07) is 3.88. The second-order valence-electron chi connectivity index (χ2n) is 4.30. The average Bonchev–Trinajstić information content (AvgIpc) is 2.24. The zero-order chi connectivity index (χ0) is 12.3. The Bertz CT molecular complexity index is 399. The Kier molecular flexibility index (Phi) is 3.93. The third-order valence-electron chi connectivity index (χ3n) is 3.26. The van der Waals surface area contributed by atoms with Crippen LogP contribution < -0.4 is 5.73 Å². The topological polar surface area (TPSA) is 46.3 Å². The number of rotatable bonds is 3. The first-order valence-corrected chi connectivity index (χ1v) is 5.49. The smallest absolute Gasteiger partial charge is 0.314 e. The molecule has 0 atom stereocenters. The lowest BCUT2D eigenvalue weighted by molar-refractivity contribution is 0.219. The molecule has 0 saturated heterocycles. The van der Waals surface area contributed by atoms with Crippen LogP contribution in [0.15, 0.2) is 12.1 Å². The fourth-order valence-corrected chi connectivity index (χ4v) is 1.68. The van der Waals surface area contributed by atoms with E-state index in [9.17, 15) is 4.79 Å². The number of carbonyl (C=O) groups excluding carboxylic acids is 1. The summed E-state index contributed by atoms with van der Waals surface area (Å²) in [6.45, 7) is 7.04. The molecule has 0 aliphatic rings. The number of hydrogen-bond acceptors (Lipinski definition) is 1. The maximum atomic E-state index is 10.9. The minimum absolute atomic E-state index is 0.374. The number of primary amides is 1. The van der Waals surface area contributed by atoms with E-state index in [1.807, 2.05) is 0 Å². The summed E-state index contributed by atoms with van der Waals surface area (Å²) in [5.41, 5.74) is 10.4. The molecule has 3 heteroatoms. The number of likely N-dealkylation sites (N-methyl/N-ethyl adjacent to an activating group) is 1. The number of amides is 2. The fourth-order valence-electron chi connectivity index (χ4n) is 1.68. The lowest BCUT2D eigenvalue weighted by Gasteiger charge is -2.16. The predicted octanol–water partition coefficient (Wildman–Crippen LogP) is 2.16. The highest BCUT2D eigenvalue weighted by molar-refractivity contribution is 5.71. The van der Waals surface area contributed by atoms with Gasteiger partial charge in [0.2, 0.25) is 0 Å². The van der Waals surface area contributed by atoms with Crippen molar-refractivity contribution in [1.29, 1.82) is 0 Å². The number of nitrogens with zero attached hydrogens (tertiary/aromatic N) is 1. The molecule has 1 aromatic carbocycles. The quantitative estimate of drug-likeness (QED) is 0.833. The Balaban J connectivity index is 2.75.